The molecule has 0 amide bonds. The minimum Gasteiger partial charge on any atom is -0.494 e. The van der Waals surface area contributed by atoms with E-state index in [1.807, 2.05) is 13.0 Å². The van der Waals surface area contributed by atoms with Gasteiger partial charge in [-0.25, -0.2) is 0 Å². The molecule has 0 radical (unpaired) electrons. The molecule has 90 valence electrons. The van der Waals surface area contributed by atoms with Gasteiger partial charge in [0.25, 0.3) is 0 Å². The predicted octanol–water partition coefficient (Wildman–Crippen LogP) is 1.68. The van der Waals surface area contributed by atoms with E-state index >= 15 is 0 Å². The van der Waals surface area contributed by atoms with E-state index in [0.29, 0.717) is 17.9 Å². The van der Waals surface area contributed by atoms with Gasteiger partial charge in [-0.05, 0) is 13.0 Å². The first-order valence-electron chi connectivity index (χ1n) is 4.75. The predicted molar refractivity (Wildman–Crippen MR) is 63.8 cm³/mol. The first-order chi connectivity index (χ1) is 7.20. The number of rotatable bonds is 4. The van der Waals surface area contributed by atoms with Crippen molar-refractivity contribution < 1.29 is 14.3 Å². The van der Waals surface area contributed by atoms with Crippen molar-refractivity contribution in [2.24, 2.45) is 5.73 Å². The van der Waals surface area contributed by atoms with Crippen LogP contribution in [0.4, 0.5) is 0 Å². The van der Waals surface area contributed by atoms with Crippen molar-refractivity contribution in [2.45, 2.75) is 13.0 Å². The molecule has 0 heterocycles. The van der Waals surface area contributed by atoms with Crippen molar-refractivity contribution in [2.75, 3.05) is 13.7 Å². The van der Waals surface area contributed by atoms with Gasteiger partial charge in [0.05, 0.1) is 13.7 Å². The Labute approximate surface area is 101 Å². The van der Waals surface area contributed by atoms with Crippen LogP contribution in [0.3, 0.4) is 0 Å². The van der Waals surface area contributed by atoms with E-state index in [4.69, 9.17) is 10.5 Å². The van der Waals surface area contributed by atoms with Gasteiger partial charge in [-0.2, -0.15) is 0 Å². The topological polar surface area (TPSA) is 61.5 Å². The van der Waals surface area contributed by atoms with Gasteiger partial charge in [0.1, 0.15) is 11.8 Å². The highest BCUT2D eigenvalue weighted by atomic mass is 35.5. The smallest absolute Gasteiger partial charge is 0.327 e. The highest BCUT2D eigenvalue weighted by Crippen LogP contribution is 2.24. The molecule has 1 aromatic carbocycles. The summed E-state index contributed by atoms with van der Waals surface area (Å²) < 4.78 is 9.95. The number of carbonyl (C=O) groups excluding carboxylic acids is 1. The lowest BCUT2D eigenvalue weighted by atomic mass is 10.1. The summed E-state index contributed by atoms with van der Waals surface area (Å²) in [5.74, 6) is 0.153. The third-order valence-electron chi connectivity index (χ3n) is 2.01. The van der Waals surface area contributed by atoms with Crippen molar-refractivity contribution in [3.63, 3.8) is 0 Å². The number of nitrogens with two attached hydrogens (primary N) is 1. The number of carbonyl (C=O) groups is 1. The summed E-state index contributed by atoms with van der Waals surface area (Å²) in [5, 5.41) is 0. The van der Waals surface area contributed by atoms with Crippen LogP contribution >= 0.6 is 12.4 Å². The van der Waals surface area contributed by atoms with Crippen LogP contribution in [0.5, 0.6) is 5.75 Å². The third kappa shape index (κ3) is 3.40. The maximum Gasteiger partial charge on any atom is 0.327 e. The third-order valence-corrected chi connectivity index (χ3v) is 2.01. The van der Waals surface area contributed by atoms with Gasteiger partial charge < -0.3 is 15.2 Å². The largest absolute Gasteiger partial charge is 0.494 e. The van der Waals surface area contributed by atoms with Gasteiger partial charge in [0, 0.05) is 5.56 Å². The normalized spacial score (nSPS) is 11.2. The quantitative estimate of drug-likeness (QED) is 0.820. The van der Waals surface area contributed by atoms with Crippen molar-refractivity contribution in [3.05, 3.63) is 29.8 Å². The van der Waals surface area contributed by atoms with Crippen LogP contribution in [0, 0.1) is 0 Å². The zero-order valence-corrected chi connectivity index (χ0v) is 10.1. The number of hydrogen-bond donors (Lipinski definition) is 1. The molecular weight excluding hydrogens is 230 g/mol. The van der Waals surface area contributed by atoms with Crippen molar-refractivity contribution in [1.29, 1.82) is 0 Å². The number of methoxy groups -OCH3 is 1. The van der Waals surface area contributed by atoms with E-state index < -0.39 is 12.0 Å². The van der Waals surface area contributed by atoms with Crippen LogP contribution in [0.2, 0.25) is 0 Å². The summed E-state index contributed by atoms with van der Waals surface area (Å²) in [5.41, 5.74) is 6.37. The van der Waals surface area contributed by atoms with Crippen LogP contribution in [-0.2, 0) is 9.53 Å². The van der Waals surface area contributed by atoms with Crippen LogP contribution in [0.1, 0.15) is 18.5 Å². The molecule has 0 saturated carbocycles. The number of ether oxygens (including phenoxy) is 2. The Kier molecular flexibility index (Phi) is 6.53. The molecule has 0 aliphatic heterocycles. The van der Waals surface area contributed by atoms with Crippen molar-refractivity contribution in [3.8, 4) is 5.75 Å². The summed E-state index contributed by atoms with van der Waals surface area (Å²) in [4.78, 5) is 11.3. The molecule has 0 unspecified atom stereocenters. The number of halogens is 1. The summed E-state index contributed by atoms with van der Waals surface area (Å²) in [6, 6.07) is 6.38. The SMILES string of the molecule is CCOc1ccccc1[C@@H](N)C(=O)OC.Cl. The van der Waals surface area contributed by atoms with E-state index in [2.05, 4.69) is 4.74 Å². The Morgan fingerprint density at radius 3 is 2.62 bits per heavy atom. The van der Waals surface area contributed by atoms with E-state index in [1.54, 1.807) is 18.2 Å². The molecule has 1 rings (SSSR count). The monoisotopic (exact) mass is 245 g/mol. The maximum atomic E-state index is 11.3. The van der Waals surface area contributed by atoms with Crippen LogP contribution in [0.15, 0.2) is 24.3 Å². The molecule has 1 atom stereocenters. The number of para-hydroxylation sites is 1. The fraction of sp³-hybridized carbons (Fsp3) is 0.364. The fourth-order valence-electron chi connectivity index (χ4n) is 1.28. The number of benzene rings is 1. The summed E-state index contributed by atoms with van der Waals surface area (Å²) in [6.45, 7) is 2.41. The lowest BCUT2D eigenvalue weighted by Gasteiger charge is -2.14. The summed E-state index contributed by atoms with van der Waals surface area (Å²) >= 11 is 0. The summed E-state index contributed by atoms with van der Waals surface area (Å²) in [6.07, 6.45) is 0. The van der Waals surface area contributed by atoms with Crippen molar-refractivity contribution >= 4 is 18.4 Å². The van der Waals surface area contributed by atoms with E-state index in [-0.39, 0.29) is 12.4 Å². The second-order valence-electron chi connectivity index (χ2n) is 2.97. The first kappa shape index (κ1) is 14.7. The molecule has 0 spiro atoms. The Hall–Kier alpha value is -1.26. The average molecular weight is 246 g/mol. The molecular formula is C11H16ClNO3. The van der Waals surface area contributed by atoms with E-state index in [1.165, 1.54) is 7.11 Å². The molecule has 2 N–H and O–H groups in total. The van der Waals surface area contributed by atoms with Crippen LogP contribution in [-0.4, -0.2) is 19.7 Å². The van der Waals surface area contributed by atoms with Crippen LogP contribution in [0.25, 0.3) is 0 Å². The number of esters is 1. The van der Waals surface area contributed by atoms with Gasteiger partial charge in [0.2, 0.25) is 0 Å². The standard InChI is InChI=1S/C11H15NO3.ClH/c1-3-15-9-7-5-4-6-8(9)10(12)11(13)14-2;/h4-7,10H,3,12H2,1-2H3;1H/t10-;/m1./s1. The van der Waals surface area contributed by atoms with Gasteiger partial charge in [-0.15, -0.1) is 12.4 Å². The highest BCUT2D eigenvalue weighted by Gasteiger charge is 2.19. The minimum absolute atomic E-state index is 0. The molecule has 0 aromatic heterocycles. The highest BCUT2D eigenvalue weighted by molar-refractivity contribution is 5.85. The number of hydrogen-bond acceptors (Lipinski definition) is 4. The molecule has 0 fully saturated rings. The van der Waals surface area contributed by atoms with Gasteiger partial charge in [-0.1, -0.05) is 18.2 Å². The second kappa shape index (κ2) is 7.09. The molecule has 0 saturated heterocycles. The molecule has 5 heteroatoms. The van der Waals surface area contributed by atoms with Gasteiger partial charge in [-0.3, -0.25) is 4.79 Å². The van der Waals surface area contributed by atoms with Gasteiger partial charge >= 0.3 is 5.97 Å². The summed E-state index contributed by atoms with van der Waals surface area (Å²) in [7, 11) is 1.31. The van der Waals surface area contributed by atoms with Gasteiger partial charge in [0.15, 0.2) is 0 Å². The van der Waals surface area contributed by atoms with E-state index in [9.17, 15) is 4.79 Å². The zero-order chi connectivity index (χ0) is 11.3. The maximum absolute atomic E-state index is 11.3. The Morgan fingerprint density at radius 1 is 1.44 bits per heavy atom. The Morgan fingerprint density at radius 2 is 2.06 bits per heavy atom. The molecule has 16 heavy (non-hydrogen) atoms. The molecule has 1 aromatic rings. The second-order valence-corrected chi connectivity index (χ2v) is 2.97. The average Bonchev–Trinajstić information content (AvgIpc) is 2.28. The Balaban J connectivity index is 0.00000225. The fourth-order valence-corrected chi connectivity index (χ4v) is 1.28. The zero-order valence-electron chi connectivity index (χ0n) is 9.30. The lowest BCUT2D eigenvalue weighted by molar-refractivity contribution is -0.142. The lowest BCUT2D eigenvalue weighted by Crippen LogP contribution is -2.23. The first-order valence-corrected chi connectivity index (χ1v) is 4.75. The molecule has 0 bridgehead atoms. The molecule has 0 aliphatic carbocycles. The molecule has 4 nitrogen and oxygen atoms in total. The minimum atomic E-state index is -0.794. The van der Waals surface area contributed by atoms with E-state index in [0.717, 1.165) is 0 Å². The van der Waals surface area contributed by atoms with Crippen LogP contribution < -0.4 is 10.5 Å². The Bertz CT molecular complexity index is 344. The molecule has 0 aliphatic rings. The van der Waals surface area contributed by atoms with Crippen molar-refractivity contribution in [1.82, 2.24) is 0 Å².